The van der Waals surface area contributed by atoms with E-state index < -0.39 is 20.9 Å². The van der Waals surface area contributed by atoms with Crippen molar-refractivity contribution < 1.29 is 23.3 Å². The Balaban J connectivity index is 2.52. The summed E-state index contributed by atoms with van der Waals surface area (Å²) in [6.07, 6.45) is 0. The second kappa shape index (κ2) is 6.24. The highest BCUT2D eigenvalue weighted by Crippen LogP contribution is 2.33. The third kappa shape index (κ3) is 3.06. The molecule has 0 unspecified atom stereocenters. The predicted octanol–water partition coefficient (Wildman–Crippen LogP) is 1.59. The number of benzene rings is 2. The molecule has 2 aromatic carbocycles. The summed E-state index contributed by atoms with van der Waals surface area (Å²) in [5.41, 5.74) is 4.29. The molecular formula is C15H17FNO3S+. The zero-order valence-corrected chi connectivity index (χ0v) is 12.4. The van der Waals surface area contributed by atoms with E-state index in [1.165, 1.54) is 19.2 Å². The highest BCUT2D eigenvalue weighted by Gasteiger charge is 2.31. The minimum absolute atomic E-state index is 0.0726. The van der Waals surface area contributed by atoms with Crippen LogP contribution in [0.3, 0.4) is 0 Å². The molecule has 0 heterocycles. The first-order valence-corrected chi connectivity index (χ1v) is 7.97. The third-order valence-corrected chi connectivity index (χ3v) is 5.43. The van der Waals surface area contributed by atoms with Crippen molar-refractivity contribution in [2.75, 3.05) is 13.7 Å². The molecule has 4 nitrogen and oxygen atoms in total. The van der Waals surface area contributed by atoms with Crippen molar-refractivity contribution in [3.8, 4) is 5.75 Å². The lowest BCUT2D eigenvalue weighted by molar-refractivity contribution is -0.367. The molecule has 0 saturated carbocycles. The van der Waals surface area contributed by atoms with Crippen LogP contribution in [0.4, 0.5) is 4.39 Å². The third-order valence-electron chi connectivity index (χ3n) is 3.26. The van der Waals surface area contributed by atoms with Gasteiger partial charge in [-0.2, -0.15) is 0 Å². The second-order valence-corrected chi connectivity index (χ2v) is 6.65. The molecule has 0 bridgehead atoms. The summed E-state index contributed by atoms with van der Waals surface area (Å²) in [7, 11) is -2.17. The minimum atomic E-state index is -3.66. The highest BCUT2D eigenvalue weighted by molar-refractivity contribution is 7.91. The van der Waals surface area contributed by atoms with Crippen molar-refractivity contribution in [2.24, 2.45) is 0 Å². The van der Waals surface area contributed by atoms with Gasteiger partial charge in [0.1, 0.15) is 16.8 Å². The molecule has 0 fully saturated rings. The summed E-state index contributed by atoms with van der Waals surface area (Å²) in [4.78, 5) is 0.0726. The van der Waals surface area contributed by atoms with Gasteiger partial charge in [0.15, 0.2) is 9.84 Å². The molecule has 0 aliphatic heterocycles. The van der Waals surface area contributed by atoms with Gasteiger partial charge in [0.25, 0.3) is 0 Å². The Morgan fingerprint density at radius 1 is 1.14 bits per heavy atom. The Morgan fingerprint density at radius 2 is 1.76 bits per heavy atom. The highest BCUT2D eigenvalue weighted by atomic mass is 32.2. The van der Waals surface area contributed by atoms with Crippen LogP contribution < -0.4 is 10.5 Å². The average Bonchev–Trinajstić information content (AvgIpc) is 2.48. The number of hydrogen-bond acceptors (Lipinski definition) is 3. The normalized spacial score (nSPS) is 12.9. The van der Waals surface area contributed by atoms with E-state index in [2.05, 4.69) is 5.73 Å². The van der Waals surface area contributed by atoms with E-state index in [-0.39, 0.29) is 11.4 Å². The molecule has 0 spiro atoms. The van der Waals surface area contributed by atoms with Crippen LogP contribution in [0.25, 0.3) is 0 Å². The Kier molecular flexibility index (Phi) is 4.59. The Morgan fingerprint density at radius 3 is 2.33 bits per heavy atom. The molecule has 6 heteroatoms. The molecule has 21 heavy (non-hydrogen) atoms. The zero-order chi connectivity index (χ0) is 15.5. The van der Waals surface area contributed by atoms with E-state index in [1.54, 1.807) is 24.3 Å². The van der Waals surface area contributed by atoms with Crippen molar-refractivity contribution in [1.29, 1.82) is 0 Å². The number of hydrogen-bond donors (Lipinski definition) is 1. The lowest BCUT2D eigenvalue weighted by atomic mass is 10.1. The van der Waals surface area contributed by atoms with Gasteiger partial charge in [-0.15, -0.1) is 0 Å². The van der Waals surface area contributed by atoms with Crippen LogP contribution in [0.5, 0.6) is 5.75 Å². The van der Waals surface area contributed by atoms with E-state index in [0.29, 0.717) is 11.3 Å². The quantitative estimate of drug-likeness (QED) is 0.853. The topological polar surface area (TPSA) is 71.0 Å². The van der Waals surface area contributed by atoms with Gasteiger partial charge in [0.2, 0.25) is 0 Å². The van der Waals surface area contributed by atoms with E-state index in [0.717, 1.165) is 12.1 Å². The summed E-state index contributed by atoms with van der Waals surface area (Å²) in [6.45, 7) is 0.153. The standard InChI is InChI=1S/C15H16FNO3S/c1-20-14-5-3-2-4-13(14)15(10-17)21(18,19)12-8-6-11(16)7-9-12/h2-9,15H,10,17H2,1H3/p+1/t15-/m0/s1. The molecular weight excluding hydrogens is 293 g/mol. The lowest BCUT2D eigenvalue weighted by Crippen LogP contribution is -2.54. The van der Waals surface area contributed by atoms with E-state index in [1.807, 2.05) is 0 Å². The van der Waals surface area contributed by atoms with Crippen LogP contribution in [0, 0.1) is 5.82 Å². The molecule has 1 atom stereocenters. The maximum absolute atomic E-state index is 13.0. The first-order chi connectivity index (χ1) is 10.0. The molecule has 0 amide bonds. The monoisotopic (exact) mass is 310 g/mol. The van der Waals surface area contributed by atoms with Gasteiger partial charge < -0.3 is 10.5 Å². The van der Waals surface area contributed by atoms with Crippen molar-refractivity contribution in [3.63, 3.8) is 0 Å². The second-order valence-electron chi connectivity index (χ2n) is 4.52. The molecule has 112 valence electrons. The molecule has 2 aromatic rings. The maximum Gasteiger partial charge on any atom is 0.191 e. The molecule has 0 aliphatic rings. The van der Waals surface area contributed by atoms with Crippen molar-refractivity contribution in [1.82, 2.24) is 0 Å². The van der Waals surface area contributed by atoms with E-state index in [4.69, 9.17) is 4.74 Å². The number of methoxy groups -OCH3 is 1. The van der Waals surface area contributed by atoms with Crippen molar-refractivity contribution in [3.05, 3.63) is 59.9 Å². The summed E-state index contributed by atoms with van der Waals surface area (Å²) in [6, 6.07) is 11.7. The number of quaternary nitrogens is 1. The fourth-order valence-electron chi connectivity index (χ4n) is 2.20. The van der Waals surface area contributed by atoms with Gasteiger partial charge in [-0.3, -0.25) is 0 Å². The smallest absolute Gasteiger partial charge is 0.191 e. The number of sulfone groups is 1. The molecule has 2 rings (SSSR count). The lowest BCUT2D eigenvalue weighted by Gasteiger charge is -2.17. The number of para-hydroxylation sites is 1. The van der Waals surface area contributed by atoms with Gasteiger partial charge >= 0.3 is 0 Å². The SMILES string of the molecule is COc1ccccc1[C@H](C[NH3+])S(=O)(=O)c1ccc(F)cc1. The van der Waals surface area contributed by atoms with E-state index >= 15 is 0 Å². The van der Waals surface area contributed by atoms with Crippen LogP contribution in [0.1, 0.15) is 10.8 Å². The molecule has 0 aliphatic carbocycles. The summed E-state index contributed by atoms with van der Waals surface area (Å²) in [5.74, 6) is 0.0225. The Bertz CT molecular complexity index is 714. The maximum atomic E-state index is 13.0. The fraction of sp³-hybridized carbons (Fsp3) is 0.200. The van der Waals surface area contributed by atoms with Crippen LogP contribution in [0.15, 0.2) is 53.4 Å². The average molecular weight is 310 g/mol. The van der Waals surface area contributed by atoms with Gasteiger partial charge in [-0.05, 0) is 30.3 Å². The molecule has 0 aromatic heterocycles. The van der Waals surface area contributed by atoms with Gasteiger partial charge in [-0.1, -0.05) is 18.2 Å². The van der Waals surface area contributed by atoms with Crippen LogP contribution in [0.2, 0.25) is 0 Å². The van der Waals surface area contributed by atoms with Crippen LogP contribution in [-0.2, 0) is 9.84 Å². The summed E-state index contributed by atoms with van der Waals surface area (Å²) in [5, 5.41) is -0.834. The molecule has 3 N–H and O–H groups in total. The van der Waals surface area contributed by atoms with Crippen LogP contribution in [-0.4, -0.2) is 22.1 Å². The van der Waals surface area contributed by atoms with Gasteiger partial charge in [0.05, 0.1) is 18.6 Å². The number of halogens is 1. The predicted molar refractivity (Wildman–Crippen MR) is 77.1 cm³/mol. The first kappa shape index (κ1) is 15.5. The fourth-order valence-corrected chi connectivity index (χ4v) is 3.88. The van der Waals surface area contributed by atoms with Crippen molar-refractivity contribution in [2.45, 2.75) is 10.1 Å². The van der Waals surface area contributed by atoms with Crippen molar-refractivity contribution >= 4 is 9.84 Å². The molecule has 0 radical (unpaired) electrons. The van der Waals surface area contributed by atoms with E-state index in [9.17, 15) is 12.8 Å². The van der Waals surface area contributed by atoms with Gasteiger partial charge in [-0.25, -0.2) is 12.8 Å². The van der Waals surface area contributed by atoms with Crippen LogP contribution >= 0.6 is 0 Å². The Labute approximate surface area is 123 Å². The minimum Gasteiger partial charge on any atom is -0.496 e. The summed E-state index contributed by atoms with van der Waals surface area (Å²) >= 11 is 0. The Hall–Kier alpha value is -1.92. The number of ether oxygens (including phenoxy) is 1. The largest absolute Gasteiger partial charge is 0.496 e. The molecule has 0 saturated heterocycles. The van der Waals surface area contributed by atoms with Gasteiger partial charge in [0, 0.05) is 5.56 Å². The zero-order valence-electron chi connectivity index (χ0n) is 11.6. The summed E-state index contributed by atoms with van der Waals surface area (Å²) < 4.78 is 43.6. The first-order valence-electron chi connectivity index (χ1n) is 6.42. The number of rotatable bonds is 5.